The summed E-state index contributed by atoms with van der Waals surface area (Å²) in [6.45, 7) is 5.15. The number of hydrogen-bond donors (Lipinski definition) is 2. The van der Waals surface area contributed by atoms with Gasteiger partial charge in [-0.1, -0.05) is 0 Å². The Balaban J connectivity index is 1.14. The molecule has 1 amide bonds. The van der Waals surface area contributed by atoms with Crippen LogP contribution in [0.15, 0.2) is 59.5 Å². The Morgan fingerprint density at radius 3 is 2.50 bits per heavy atom. The van der Waals surface area contributed by atoms with E-state index in [1.165, 1.54) is 0 Å². The lowest BCUT2D eigenvalue weighted by atomic mass is 10.1. The summed E-state index contributed by atoms with van der Waals surface area (Å²) >= 11 is 3.68. The molecule has 9 nitrogen and oxygen atoms in total. The molecule has 2 fully saturated rings. The van der Waals surface area contributed by atoms with E-state index in [0.29, 0.717) is 24.7 Å². The van der Waals surface area contributed by atoms with Gasteiger partial charge in [0.2, 0.25) is 0 Å². The lowest BCUT2D eigenvalue weighted by Crippen LogP contribution is -2.48. The first-order valence-electron chi connectivity index (χ1n) is 13.1. The fourth-order valence-electron chi connectivity index (χ4n) is 5.23. The molecule has 3 aromatic heterocycles. The Labute approximate surface area is 230 Å². The highest BCUT2D eigenvalue weighted by Gasteiger charge is 2.23. The molecule has 0 saturated carbocycles. The van der Waals surface area contributed by atoms with Crippen LogP contribution in [-0.4, -0.2) is 88.0 Å². The van der Waals surface area contributed by atoms with E-state index in [2.05, 4.69) is 77.3 Å². The Morgan fingerprint density at radius 2 is 1.79 bits per heavy atom. The van der Waals surface area contributed by atoms with Gasteiger partial charge in [0.05, 0.1) is 15.7 Å². The second-order valence-electron chi connectivity index (χ2n) is 10.1. The highest BCUT2D eigenvalue weighted by Crippen LogP contribution is 2.33. The number of carbonyl (C=O) groups is 1. The first-order chi connectivity index (χ1) is 18.5. The molecule has 5 heterocycles. The molecule has 2 N–H and O–H groups in total. The number of amides is 1. The van der Waals surface area contributed by atoms with Crippen LogP contribution >= 0.6 is 15.9 Å². The number of likely N-dealkylation sites (tertiary alicyclic amines) is 1. The van der Waals surface area contributed by atoms with Crippen LogP contribution in [0.4, 0.5) is 11.4 Å². The maximum atomic E-state index is 12.7. The van der Waals surface area contributed by atoms with Crippen molar-refractivity contribution in [3.05, 3.63) is 65.0 Å². The van der Waals surface area contributed by atoms with Gasteiger partial charge in [0, 0.05) is 62.1 Å². The van der Waals surface area contributed by atoms with Gasteiger partial charge in [0.1, 0.15) is 11.3 Å². The smallest absolute Gasteiger partial charge is 0.255 e. The van der Waals surface area contributed by atoms with Crippen molar-refractivity contribution in [1.29, 1.82) is 0 Å². The van der Waals surface area contributed by atoms with Crippen molar-refractivity contribution in [2.24, 2.45) is 0 Å². The maximum Gasteiger partial charge on any atom is 0.255 e. The summed E-state index contributed by atoms with van der Waals surface area (Å²) in [5.74, 6) is 0.846. The molecule has 6 rings (SSSR count). The molecule has 38 heavy (non-hydrogen) atoms. The average molecular weight is 576 g/mol. The van der Waals surface area contributed by atoms with Crippen LogP contribution in [0.5, 0.6) is 0 Å². The predicted octanol–water partition coefficient (Wildman–Crippen LogP) is 4.25. The van der Waals surface area contributed by atoms with Crippen LogP contribution < -0.4 is 10.2 Å². The number of nitrogens with zero attached hydrogens (tertiary/aromatic N) is 6. The molecule has 0 bridgehead atoms. The van der Waals surface area contributed by atoms with E-state index in [4.69, 9.17) is 4.98 Å². The lowest BCUT2D eigenvalue weighted by Gasteiger charge is -2.36. The molecule has 0 aliphatic carbocycles. The first-order valence-corrected chi connectivity index (χ1v) is 13.9. The summed E-state index contributed by atoms with van der Waals surface area (Å²) in [6, 6.07) is 12.5. The number of fused-ring (bicyclic) bond motifs is 1. The zero-order valence-electron chi connectivity index (χ0n) is 21.4. The maximum absolute atomic E-state index is 12.7. The van der Waals surface area contributed by atoms with Gasteiger partial charge in [-0.05, 0) is 85.3 Å². The molecule has 4 aromatic rings. The van der Waals surface area contributed by atoms with E-state index in [1.54, 1.807) is 18.5 Å². The minimum atomic E-state index is 0.0444. The number of nitrogens with one attached hydrogen (secondary N) is 2. The highest BCUT2D eigenvalue weighted by molar-refractivity contribution is 9.10. The molecule has 0 spiro atoms. The number of hydrogen-bond acceptors (Lipinski definition) is 7. The number of H-pyrrole nitrogens is 1. The van der Waals surface area contributed by atoms with E-state index in [9.17, 15) is 4.79 Å². The van der Waals surface area contributed by atoms with Crippen LogP contribution in [0, 0.1) is 0 Å². The summed E-state index contributed by atoms with van der Waals surface area (Å²) in [6.07, 6.45) is 7.37. The van der Waals surface area contributed by atoms with Gasteiger partial charge >= 0.3 is 0 Å². The number of pyridine rings is 2. The Hall–Kier alpha value is -3.50. The third kappa shape index (κ3) is 5.10. The number of rotatable bonds is 5. The summed E-state index contributed by atoms with van der Waals surface area (Å²) in [5.41, 5.74) is 5.43. The number of imidazole rings is 1. The normalized spacial score (nSPS) is 17.2. The first kappa shape index (κ1) is 24.8. The fourth-order valence-corrected chi connectivity index (χ4v) is 5.64. The van der Waals surface area contributed by atoms with Crippen molar-refractivity contribution >= 4 is 44.4 Å². The SMILES string of the molecule is CN1CCC(Nc2c(Br)cnc3[nH]c(-c4ccc(N5CCN(C(=O)c6cccnc6)CC5)cc4)nc23)CC1. The van der Waals surface area contributed by atoms with Gasteiger partial charge in [-0.3, -0.25) is 9.78 Å². The quantitative estimate of drug-likeness (QED) is 0.368. The van der Waals surface area contributed by atoms with Crippen LogP contribution in [0.3, 0.4) is 0 Å². The minimum absolute atomic E-state index is 0.0444. The van der Waals surface area contributed by atoms with Gasteiger partial charge in [-0.15, -0.1) is 0 Å². The average Bonchev–Trinajstić information content (AvgIpc) is 3.41. The Bertz CT molecular complexity index is 1410. The van der Waals surface area contributed by atoms with Crippen LogP contribution in [-0.2, 0) is 0 Å². The summed E-state index contributed by atoms with van der Waals surface area (Å²) < 4.78 is 0.929. The van der Waals surface area contributed by atoms with E-state index >= 15 is 0 Å². The number of piperidine rings is 1. The molecule has 2 saturated heterocycles. The number of benzene rings is 1. The van der Waals surface area contributed by atoms with Crippen molar-refractivity contribution < 1.29 is 4.79 Å². The molecule has 2 aliphatic heterocycles. The lowest BCUT2D eigenvalue weighted by molar-refractivity contribution is 0.0746. The third-order valence-corrected chi connectivity index (χ3v) is 8.12. The molecule has 10 heteroatoms. The van der Waals surface area contributed by atoms with Crippen LogP contribution in [0.1, 0.15) is 23.2 Å². The van der Waals surface area contributed by atoms with Crippen molar-refractivity contribution in [2.45, 2.75) is 18.9 Å². The summed E-state index contributed by atoms with van der Waals surface area (Å²) in [7, 11) is 2.17. The van der Waals surface area contributed by atoms with Gasteiger partial charge in [-0.25, -0.2) is 9.97 Å². The highest BCUT2D eigenvalue weighted by atomic mass is 79.9. The minimum Gasteiger partial charge on any atom is -0.379 e. The fraction of sp³-hybridized carbons (Fsp3) is 0.357. The molecule has 2 aliphatic rings. The van der Waals surface area contributed by atoms with Crippen LogP contribution in [0.2, 0.25) is 0 Å². The zero-order chi connectivity index (χ0) is 26.1. The Morgan fingerprint density at radius 1 is 1.03 bits per heavy atom. The number of aromatic amines is 1. The molecule has 0 radical (unpaired) electrons. The monoisotopic (exact) mass is 574 g/mol. The Kier molecular flexibility index (Phi) is 6.99. The van der Waals surface area contributed by atoms with Crippen molar-refractivity contribution in [3.63, 3.8) is 0 Å². The molecule has 0 atom stereocenters. The van der Waals surface area contributed by atoms with Crippen LogP contribution in [0.25, 0.3) is 22.6 Å². The number of anilines is 2. The molecule has 1 aromatic carbocycles. The number of piperazine rings is 1. The molecular weight excluding hydrogens is 544 g/mol. The van der Waals surface area contributed by atoms with Crippen molar-refractivity contribution in [2.75, 3.05) is 56.5 Å². The largest absolute Gasteiger partial charge is 0.379 e. The number of carbonyl (C=O) groups excluding carboxylic acids is 1. The topological polar surface area (TPSA) is 93.3 Å². The van der Waals surface area contributed by atoms with E-state index in [-0.39, 0.29) is 5.91 Å². The summed E-state index contributed by atoms with van der Waals surface area (Å²) in [4.78, 5) is 36.3. The van der Waals surface area contributed by atoms with Gasteiger partial charge in [0.25, 0.3) is 5.91 Å². The van der Waals surface area contributed by atoms with E-state index in [1.807, 2.05) is 17.2 Å². The molecular formula is C28H31BrN8O. The second kappa shape index (κ2) is 10.7. The number of halogens is 1. The van der Waals surface area contributed by atoms with Crippen molar-refractivity contribution in [3.8, 4) is 11.4 Å². The van der Waals surface area contributed by atoms with Crippen molar-refractivity contribution in [1.82, 2.24) is 29.7 Å². The van der Waals surface area contributed by atoms with Gasteiger partial charge in [0.15, 0.2) is 5.65 Å². The standard InChI is InChI=1S/C28H31BrN8O/c1-35-11-8-21(9-12-35)32-24-23(29)18-31-27-25(24)33-26(34-27)19-4-6-22(7-5-19)36-13-15-37(16-14-36)28(38)20-3-2-10-30-17-20/h2-7,10,17-18,21H,8-9,11-16H2,1H3,(H2,31,32,33,34). The predicted molar refractivity (Wildman–Crippen MR) is 154 cm³/mol. The van der Waals surface area contributed by atoms with Gasteiger partial charge in [-0.2, -0.15) is 0 Å². The van der Waals surface area contributed by atoms with E-state index in [0.717, 1.165) is 77.4 Å². The summed E-state index contributed by atoms with van der Waals surface area (Å²) in [5, 5.41) is 3.72. The van der Waals surface area contributed by atoms with E-state index < -0.39 is 0 Å². The second-order valence-corrected chi connectivity index (χ2v) is 10.9. The zero-order valence-corrected chi connectivity index (χ0v) is 23.0. The third-order valence-electron chi connectivity index (χ3n) is 7.52. The number of aromatic nitrogens is 4. The van der Waals surface area contributed by atoms with Gasteiger partial charge < -0.3 is 25.0 Å². The molecule has 0 unspecified atom stereocenters. The molecule has 196 valence electrons.